The standard InChI is InChI=1S/C13H15F3N4/c1-2-19-5-7-20(8-6-19)12-10(9-17)3-4-11(18-12)13(14,15)16/h3-4H,2,5-8H2,1H3. The largest absolute Gasteiger partial charge is 0.433 e. The van der Waals surface area contributed by atoms with Gasteiger partial charge in [-0.15, -0.1) is 0 Å². The third-order valence-electron chi connectivity index (χ3n) is 3.41. The number of halogens is 3. The summed E-state index contributed by atoms with van der Waals surface area (Å²) >= 11 is 0. The Morgan fingerprint density at radius 2 is 1.90 bits per heavy atom. The van der Waals surface area contributed by atoms with Crippen LogP contribution >= 0.6 is 0 Å². The van der Waals surface area contributed by atoms with Crippen LogP contribution in [-0.2, 0) is 6.18 Å². The van der Waals surface area contributed by atoms with E-state index in [4.69, 9.17) is 5.26 Å². The molecule has 1 aromatic heterocycles. The van der Waals surface area contributed by atoms with Gasteiger partial charge in [-0.2, -0.15) is 18.4 Å². The van der Waals surface area contributed by atoms with Crippen molar-refractivity contribution in [2.75, 3.05) is 37.6 Å². The molecule has 108 valence electrons. The summed E-state index contributed by atoms with van der Waals surface area (Å²) in [5.41, 5.74) is -0.771. The van der Waals surface area contributed by atoms with E-state index in [1.165, 1.54) is 6.07 Å². The number of likely N-dealkylation sites (N-methyl/N-ethyl adjacent to an activating group) is 1. The highest BCUT2D eigenvalue weighted by atomic mass is 19.4. The number of aromatic nitrogens is 1. The first kappa shape index (κ1) is 14.6. The molecule has 2 heterocycles. The first-order chi connectivity index (χ1) is 9.45. The van der Waals surface area contributed by atoms with Crippen molar-refractivity contribution in [2.24, 2.45) is 0 Å². The number of hydrogen-bond donors (Lipinski definition) is 0. The molecule has 0 aliphatic carbocycles. The van der Waals surface area contributed by atoms with E-state index >= 15 is 0 Å². The van der Waals surface area contributed by atoms with E-state index in [1.807, 2.05) is 13.0 Å². The number of nitriles is 1. The quantitative estimate of drug-likeness (QED) is 0.834. The molecule has 0 radical (unpaired) electrons. The van der Waals surface area contributed by atoms with Crippen LogP contribution in [0.1, 0.15) is 18.2 Å². The second-order valence-corrected chi connectivity index (χ2v) is 4.60. The van der Waals surface area contributed by atoms with Crippen molar-refractivity contribution < 1.29 is 13.2 Å². The van der Waals surface area contributed by atoms with Crippen LogP contribution in [0.15, 0.2) is 12.1 Å². The maximum Gasteiger partial charge on any atom is 0.433 e. The lowest BCUT2D eigenvalue weighted by molar-refractivity contribution is -0.141. The highest BCUT2D eigenvalue weighted by Crippen LogP contribution is 2.30. The number of rotatable bonds is 2. The van der Waals surface area contributed by atoms with Crippen molar-refractivity contribution in [1.29, 1.82) is 5.26 Å². The van der Waals surface area contributed by atoms with Gasteiger partial charge in [0, 0.05) is 26.2 Å². The monoisotopic (exact) mass is 284 g/mol. The predicted octanol–water partition coefficient (Wildman–Crippen LogP) is 2.11. The SMILES string of the molecule is CCN1CCN(c2nc(C(F)(F)F)ccc2C#N)CC1. The van der Waals surface area contributed by atoms with Gasteiger partial charge in [0.15, 0.2) is 0 Å². The van der Waals surface area contributed by atoms with Gasteiger partial charge in [0.05, 0.1) is 5.56 Å². The second-order valence-electron chi connectivity index (χ2n) is 4.60. The Kier molecular flexibility index (Phi) is 4.14. The average molecular weight is 284 g/mol. The van der Waals surface area contributed by atoms with Gasteiger partial charge in [0.2, 0.25) is 0 Å². The summed E-state index contributed by atoms with van der Waals surface area (Å²) < 4.78 is 38.1. The normalized spacial score (nSPS) is 17.1. The summed E-state index contributed by atoms with van der Waals surface area (Å²) in [6.45, 7) is 5.64. The summed E-state index contributed by atoms with van der Waals surface area (Å²) in [6.07, 6.45) is -4.49. The molecule has 1 aromatic rings. The minimum absolute atomic E-state index is 0.137. The second kappa shape index (κ2) is 5.67. The lowest BCUT2D eigenvalue weighted by Crippen LogP contribution is -2.46. The van der Waals surface area contributed by atoms with E-state index in [-0.39, 0.29) is 11.4 Å². The topological polar surface area (TPSA) is 43.2 Å². The highest BCUT2D eigenvalue weighted by molar-refractivity contribution is 5.55. The van der Waals surface area contributed by atoms with Crippen LogP contribution in [0.4, 0.5) is 19.0 Å². The van der Waals surface area contributed by atoms with Crippen molar-refractivity contribution in [3.63, 3.8) is 0 Å². The predicted molar refractivity (Wildman–Crippen MR) is 68.3 cm³/mol. The fourth-order valence-corrected chi connectivity index (χ4v) is 2.21. The molecule has 0 saturated carbocycles. The van der Waals surface area contributed by atoms with Crippen LogP contribution in [0.3, 0.4) is 0 Å². The van der Waals surface area contributed by atoms with Gasteiger partial charge in [0.25, 0.3) is 0 Å². The zero-order valence-corrected chi connectivity index (χ0v) is 11.1. The maximum absolute atomic E-state index is 12.7. The Morgan fingerprint density at radius 1 is 1.25 bits per heavy atom. The molecule has 0 unspecified atom stereocenters. The van der Waals surface area contributed by atoms with E-state index in [2.05, 4.69) is 9.88 Å². The van der Waals surface area contributed by atoms with Crippen LogP contribution in [0.25, 0.3) is 0 Å². The van der Waals surface area contributed by atoms with Crippen LogP contribution in [-0.4, -0.2) is 42.6 Å². The number of anilines is 1. The number of pyridine rings is 1. The first-order valence-electron chi connectivity index (χ1n) is 6.41. The van der Waals surface area contributed by atoms with Crippen molar-refractivity contribution >= 4 is 5.82 Å². The van der Waals surface area contributed by atoms with Gasteiger partial charge >= 0.3 is 6.18 Å². The van der Waals surface area contributed by atoms with Gasteiger partial charge in [-0.1, -0.05) is 6.92 Å². The molecule has 1 aliphatic rings. The number of nitrogens with zero attached hydrogens (tertiary/aromatic N) is 4. The smallest absolute Gasteiger partial charge is 0.353 e. The average Bonchev–Trinajstić information content (AvgIpc) is 2.45. The van der Waals surface area contributed by atoms with Crippen LogP contribution in [0, 0.1) is 11.3 Å². The molecule has 20 heavy (non-hydrogen) atoms. The van der Waals surface area contributed by atoms with Gasteiger partial charge < -0.3 is 9.80 Å². The molecule has 7 heteroatoms. The van der Waals surface area contributed by atoms with Crippen molar-refractivity contribution in [3.05, 3.63) is 23.4 Å². The minimum atomic E-state index is -4.49. The number of piperazine rings is 1. The lowest BCUT2D eigenvalue weighted by atomic mass is 10.2. The van der Waals surface area contributed by atoms with E-state index < -0.39 is 11.9 Å². The molecule has 0 atom stereocenters. The molecule has 0 aromatic carbocycles. The fourth-order valence-electron chi connectivity index (χ4n) is 2.21. The number of hydrogen-bond acceptors (Lipinski definition) is 4. The van der Waals surface area contributed by atoms with E-state index in [1.54, 1.807) is 4.90 Å². The molecular formula is C13H15F3N4. The van der Waals surface area contributed by atoms with Gasteiger partial charge in [-0.3, -0.25) is 0 Å². The summed E-state index contributed by atoms with van der Waals surface area (Å²) in [5.74, 6) is 0.137. The zero-order valence-electron chi connectivity index (χ0n) is 11.1. The van der Waals surface area contributed by atoms with Crippen LogP contribution in [0.2, 0.25) is 0 Å². The van der Waals surface area contributed by atoms with Gasteiger partial charge in [0.1, 0.15) is 17.6 Å². The Morgan fingerprint density at radius 3 is 2.40 bits per heavy atom. The Balaban J connectivity index is 2.28. The molecular weight excluding hydrogens is 269 g/mol. The Bertz CT molecular complexity index is 513. The molecule has 4 nitrogen and oxygen atoms in total. The van der Waals surface area contributed by atoms with Crippen molar-refractivity contribution in [1.82, 2.24) is 9.88 Å². The summed E-state index contributed by atoms with van der Waals surface area (Å²) in [5, 5.41) is 9.03. The molecule has 0 amide bonds. The molecule has 0 spiro atoms. The molecule has 0 N–H and O–H groups in total. The highest BCUT2D eigenvalue weighted by Gasteiger charge is 2.34. The van der Waals surface area contributed by atoms with Crippen molar-refractivity contribution in [2.45, 2.75) is 13.1 Å². The Hall–Kier alpha value is -1.81. The number of alkyl halides is 3. The van der Waals surface area contributed by atoms with Crippen LogP contribution < -0.4 is 4.90 Å². The zero-order chi connectivity index (χ0) is 14.8. The summed E-state index contributed by atoms with van der Waals surface area (Å²) in [7, 11) is 0. The van der Waals surface area contributed by atoms with Gasteiger partial charge in [-0.05, 0) is 18.7 Å². The Labute approximate surface area is 115 Å². The van der Waals surface area contributed by atoms with Crippen LogP contribution in [0.5, 0.6) is 0 Å². The fraction of sp³-hybridized carbons (Fsp3) is 0.538. The van der Waals surface area contributed by atoms with E-state index in [0.29, 0.717) is 13.1 Å². The summed E-state index contributed by atoms with van der Waals surface area (Å²) in [6, 6.07) is 3.95. The van der Waals surface area contributed by atoms with Crippen molar-refractivity contribution in [3.8, 4) is 6.07 Å². The molecule has 1 saturated heterocycles. The first-order valence-corrected chi connectivity index (χ1v) is 6.41. The molecule has 2 rings (SSSR count). The third kappa shape index (κ3) is 3.02. The summed E-state index contributed by atoms with van der Waals surface area (Å²) in [4.78, 5) is 7.60. The lowest BCUT2D eigenvalue weighted by Gasteiger charge is -2.35. The third-order valence-corrected chi connectivity index (χ3v) is 3.41. The van der Waals surface area contributed by atoms with Gasteiger partial charge in [-0.25, -0.2) is 4.98 Å². The van der Waals surface area contributed by atoms with E-state index in [0.717, 1.165) is 25.7 Å². The molecule has 0 bridgehead atoms. The molecule has 1 aliphatic heterocycles. The van der Waals surface area contributed by atoms with E-state index in [9.17, 15) is 13.2 Å². The minimum Gasteiger partial charge on any atom is -0.353 e. The maximum atomic E-state index is 12.7. The molecule has 1 fully saturated rings.